The maximum absolute atomic E-state index is 13.5. The lowest BCUT2D eigenvalue weighted by atomic mass is 10.1. The molecule has 2 aromatic rings. The summed E-state index contributed by atoms with van der Waals surface area (Å²) in [6.45, 7) is 5.50. The van der Waals surface area contributed by atoms with E-state index in [1.54, 1.807) is 12.3 Å². The number of pyridine rings is 2. The molecule has 92 valence electrons. The molecule has 0 aliphatic carbocycles. The average Bonchev–Trinajstić information content (AvgIpc) is 2.35. The molecule has 0 fully saturated rings. The van der Waals surface area contributed by atoms with Crippen LogP contribution in [0.2, 0.25) is 5.02 Å². The summed E-state index contributed by atoms with van der Waals surface area (Å²) in [6.07, 6.45) is 6.12. The maximum Gasteiger partial charge on any atom is 0.256 e. The normalized spacial score (nSPS) is 10.2. The lowest BCUT2D eigenvalue weighted by Gasteiger charge is -2.09. The van der Waals surface area contributed by atoms with E-state index in [-0.39, 0.29) is 10.9 Å². The van der Waals surface area contributed by atoms with Crippen LogP contribution in [0.15, 0.2) is 31.2 Å². The van der Waals surface area contributed by atoms with E-state index < -0.39 is 5.82 Å². The first kappa shape index (κ1) is 12.5. The second kappa shape index (κ2) is 5.14. The molecule has 0 atom stereocenters. The Morgan fingerprint density at radius 1 is 1.39 bits per heavy atom. The zero-order chi connectivity index (χ0) is 13.1. The second-order valence-electron chi connectivity index (χ2n) is 3.60. The van der Waals surface area contributed by atoms with Crippen LogP contribution >= 0.6 is 11.6 Å². The lowest BCUT2D eigenvalue weighted by Crippen LogP contribution is -1.95. The number of aromatic nitrogens is 2. The zero-order valence-corrected chi connectivity index (χ0v) is 10.4. The van der Waals surface area contributed by atoms with Crippen LogP contribution in [-0.2, 0) is 0 Å². The minimum Gasteiger partial charge on any atom is -0.435 e. The number of hydrogen-bond donors (Lipinski definition) is 0. The Kier molecular flexibility index (Phi) is 3.58. The van der Waals surface area contributed by atoms with Crippen LogP contribution < -0.4 is 4.74 Å². The molecule has 3 nitrogen and oxygen atoms in total. The first-order valence-electron chi connectivity index (χ1n) is 5.17. The van der Waals surface area contributed by atoms with Gasteiger partial charge in [-0.15, -0.1) is 0 Å². The SMILES string of the molecule is C=Cc1cncc(Oc2ncc(Cl)cc2F)c1C. The van der Waals surface area contributed by atoms with Gasteiger partial charge in [-0.25, -0.2) is 9.37 Å². The van der Waals surface area contributed by atoms with E-state index >= 15 is 0 Å². The zero-order valence-electron chi connectivity index (χ0n) is 9.65. The Morgan fingerprint density at radius 2 is 2.17 bits per heavy atom. The average molecular weight is 265 g/mol. The third-order valence-electron chi connectivity index (χ3n) is 2.41. The first-order valence-corrected chi connectivity index (χ1v) is 5.55. The van der Waals surface area contributed by atoms with Gasteiger partial charge in [-0.1, -0.05) is 24.3 Å². The Balaban J connectivity index is 2.37. The van der Waals surface area contributed by atoms with Crippen LogP contribution in [0, 0.1) is 12.7 Å². The minimum absolute atomic E-state index is 0.134. The molecule has 0 bridgehead atoms. The van der Waals surface area contributed by atoms with E-state index in [0.717, 1.165) is 17.2 Å². The molecular weight excluding hydrogens is 255 g/mol. The van der Waals surface area contributed by atoms with Crippen LogP contribution in [0.3, 0.4) is 0 Å². The van der Waals surface area contributed by atoms with Gasteiger partial charge < -0.3 is 4.74 Å². The second-order valence-corrected chi connectivity index (χ2v) is 4.03. The highest BCUT2D eigenvalue weighted by Gasteiger charge is 2.10. The molecule has 0 saturated carbocycles. The van der Waals surface area contributed by atoms with E-state index in [2.05, 4.69) is 16.5 Å². The number of halogens is 2. The predicted molar refractivity (Wildman–Crippen MR) is 68.3 cm³/mol. The highest BCUT2D eigenvalue weighted by atomic mass is 35.5. The third kappa shape index (κ3) is 2.49. The molecule has 0 aliphatic rings. The lowest BCUT2D eigenvalue weighted by molar-refractivity contribution is 0.418. The van der Waals surface area contributed by atoms with Gasteiger partial charge >= 0.3 is 0 Å². The standard InChI is InChI=1S/C13H10ClFN2O/c1-3-9-5-16-7-12(8(9)2)18-13-11(15)4-10(14)6-17-13/h3-7H,1H2,2H3. The Bertz CT molecular complexity index is 602. The summed E-state index contributed by atoms with van der Waals surface area (Å²) in [7, 11) is 0. The van der Waals surface area contributed by atoms with E-state index in [1.807, 2.05) is 6.92 Å². The fraction of sp³-hybridized carbons (Fsp3) is 0.0769. The van der Waals surface area contributed by atoms with Gasteiger partial charge in [-0.2, -0.15) is 0 Å². The smallest absolute Gasteiger partial charge is 0.256 e. The van der Waals surface area contributed by atoms with E-state index in [0.29, 0.717) is 5.75 Å². The van der Waals surface area contributed by atoms with Gasteiger partial charge in [0.25, 0.3) is 5.88 Å². The quantitative estimate of drug-likeness (QED) is 0.840. The molecule has 5 heteroatoms. The van der Waals surface area contributed by atoms with Crippen LogP contribution in [0.25, 0.3) is 6.08 Å². The van der Waals surface area contributed by atoms with Crippen LogP contribution in [-0.4, -0.2) is 9.97 Å². The summed E-state index contributed by atoms with van der Waals surface area (Å²) in [6, 6.07) is 1.14. The largest absolute Gasteiger partial charge is 0.435 e. The predicted octanol–water partition coefficient (Wildman–Crippen LogP) is 4.01. The van der Waals surface area contributed by atoms with Crippen LogP contribution in [0.1, 0.15) is 11.1 Å². The fourth-order valence-corrected chi connectivity index (χ4v) is 1.56. The van der Waals surface area contributed by atoms with Crippen molar-refractivity contribution in [3.05, 3.63) is 53.2 Å². The van der Waals surface area contributed by atoms with Crippen molar-refractivity contribution in [3.8, 4) is 11.6 Å². The van der Waals surface area contributed by atoms with Gasteiger partial charge in [0, 0.05) is 18.0 Å². The molecule has 18 heavy (non-hydrogen) atoms. The van der Waals surface area contributed by atoms with Crippen molar-refractivity contribution in [2.24, 2.45) is 0 Å². The Labute approximate surface area is 109 Å². The van der Waals surface area contributed by atoms with Gasteiger partial charge in [-0.05, 0) is 18.6 Å². The number of hydrogen-bond acceptors (Lipinski definition) is 3. The monoisotopic (exact) mass is 264 g/mol. The summed E-state index contributed by atoms with van der Waals surface area (Å²) < 4.78 is 18.9. The fourth-order valence-electron chi connectivity index (χ4n) is 1.41. The van der Waals surface area contributed by atoms with Crippen molar-refractivity contribution < 1.29 is 9.13 Å². The molecule has 0 N–H and O–H groups in total. The molecular formula is C13H10ClFN2O. The van der Waals surface area contributed by atoms with Crippen molar-refractivity contribution in [3.63, 3.8) is 0 Å². The number of nitrogens with zero attached hydrogens (tertiary/aromatic N) is 2. The molecule has 2 heterocycles. The molecule has 0 aromatic carbocycles. The highest BCUT2D eigenvalue weighted by molar-refractivity contribution is 6.30. The molecule has 0 aliphatic heterocycles. The van der Waals surface area contributed by atoms with E-state index in [4.69, 9.17) is 16.3 Å². The third-order valence-corrected chi connectivity index (χ3v) is 2.62. The Hall–Kier alpha value is -1.94. The molecule has 0 amide bonds. The summed E-state index contributed by atoms with van der Waals surface area (Å²) in [5.74, 6) is -0.322. The molecule has 2 rings (SSSR count). The Morgan fingerprint density at radius 3 is 2.83 bits per heavy atom. The van der Waals surface area contributed by atoms with Crippen LogP contribution in [0.5, 0.6) is 11.6 Å². The maximum atomic E-state index is 13.5. The summed E-state index contributed by atoms with van der Waals surface area (Å²) in [5.41, 5.74) is 1.64. The van der Waals surface area contributed by atoms with Crippen molar-refractivity contribution in [2.45, 2.75) is 6.92 Å². The van der Waals surface area contributed by atoms with Crippen molar-refractivity contribution in [1.29, 1.82) is 0 Å². The van der Waals surface area contributed by atoms with Crippen molar-refractivity contribution in [1.82, 2.24) is 9.97 Å². The van der Waals surface area contributed by atoms with Crippen molar-refractivity contribution >= 4 is 17.7 Å². The summed E-state index contributed by atoms with van der Waals surface area (Å²) in [5, 5.41) is 0.217. The van der Waals surface area contributed by atoms with E-state index in [1.165, 1.54) is 12.4 Å². The molecule has 2 aromatic heterocycles. The summed E-state index contributed by atoms with van der Waals surface area (Å²) in [4.78, 5) is 7.77. The minimum atomic E-state index is -0.620. The van der Waals surface area contributed by atoms with Gasteiger partial charge in [0.15, 0.2) is 11.6 Å². The van der Waals surface area contributed by atoms with Crippen LogP contribution in [0.4, 0.5) is 4.39 Å². The molecule has 0 unspecified atom stereocenters. The van der Waals surface area contributed by atoms with Gasteiger partial charge in [0.1, 0.15) is 0 Å². The van der Waals surface area contributed by atoms with Crippen molar-refractivity contribution in [2.75, 3.05) is 0 Å². The topological polar surface area (TPSA) is 35.0 Å². The van der Waals surface area contributed by atoms with Gasteiger partial charge in [0.2, 0.25) is 0 Å². The van der Waals surface area contributed by atoms with Gasteiger partial charge in [-0.3, -0.25) is 4.98 Å². The number of ether oxygens (including phenoxy) is 1. The first-order chi connectivity index (χ1) is 8.61. The number of rotatable bonds is 3. The summed E-state index contributed by atoms with van der Waals surface area (Å²) >= 11 is 5.62. The molecule has 0 spiro atoms. The van der Waals surface area contributed by atoms with Gasteiger partial charge in [0.05, 0.1) is 11.2 Å². The van der Waals surface area contributed by atoms with E-state index in [9.17, 15) is 4.39 Å². The molecule has 0 saturated heterocycles. The highest BCUT2D eigenvalue weighted by Crippen LogP contribution is 2.27. The molecule has 0 radical (unpaired) electrons.